The number of halogens is 9. The van der Waals surface area contributed by atoms with Crippen molar-refractivity contribution < 1.29 is 68.2 Å². The molecule has 0 atom stereocenters. The summed E-state index contributed by atoms with van der Waals surface area (Å²) >= 11 is 10.0. The van der Waals surface area contributed by atoms with E-state index in [1.54, 1.807) is 36.4 Å². The Kier molecular flexibility index (Phi) is 34.7. The molecule has 0 saturated heterocycles. The van der Waals surface area contributed by atoms with Crippen molar-refractivity contribution in [2.45, 2.75) is 22.6 Å². The van der Waals surface area contributed by atoms with E-state index in [1.807, 2.05) is 36.4 Å². The van der Waals surface area contributed by atoms with E-state index in [2.05, 4.69) is 88.5 Å². The Morgan fingerprint density at radius 2 is 0.909 bits per heavy atom. The van der Waals surface area contributed by atoms with E-state index in [-0.39, 0.29) is 45.3 Å². The zero-order chi connectivity index (χ0) is 31.0. The van der Waals surface area contributed by atoms with Gasteiger partial charge in [-0.05, 0) is 58.7 Å². The van der Waals surface area contributed by atoms with Crippen LogP contribution in [-0.4, -0.2) is 12.7 Å². The van der Waals surface area contributed by atoms with Crippen molar-refractivity contribution in [2.24, 2.45) is 0 Å². The van der Waals surface area contributed by atoms with E-state index in [1.165, 1.54) is 16.7 Å². The lowest BCUT2D eigenvalue weighted by Crippen LogP contribution is -3.00. The van der Waals surface area contributed by atoms with Crippen molar-refractivity contribution in [3.8, 4) is 0 Å². The fourth-order valence-electron chi connectivity index (χ4n) is 2.53. The molecule has 0 aliphatic heterocycles. The summed E-state index contributed by atoms with van der Waals surface area (Å²) in [6.45, 7) is 0.0836. The highest BCUT2D eigenvalue weighted by Crippen LogP contribution is 2.14. The monoisotopic (exact) mass is 937 g/mol. The number of benzene rings is 4. The molecule has 6 nitrogen and oxygen atoms in total. The van der Waals surface area contributed by atoms with Gasteiger partial charge in [-0.15, -0.1) is 0 Å². The third-order valence-electron chi connectivity index (χ3n) is 4.72. The fraction of sp³-hybridized carbons (Fsp3) is 0.143. The molecule has 0 aromatic heterocycles. The quantitative estimate of drug-likeness (QED) is 0.0664. The minimum atomic E-state index is -3.67. The van der Waals surface area contributed by atoms with Gasteiger partial charge in [0.2, 0.25) is 5.39 Å². The Morgan fingerprint density at radius 3 is 1.16 bits per heavy atom. The Hall–Kier alpha value is -1.84. The maximum Gasteiger partial charge on any atom is 0.762 e. The number of nitrogen functional groups attached to an aromatic ring is 1. The second-order valence-corrected chi connectivity index (χ2v) is 9.63. The highest BCUT2D eigenvalue weighted by atomic mass is 79.9. The second kappa shape index (κ2) is 31.2. The van der Waals surface area contributed by atoms with Gasteiger partial charge in [0.15, 0.2) is 4.98 Å². The van der Waals surface area contributed by atoms with Gasteiger partial charge in [-0.3, -0.25) is 12.9 Å². The van der Waals surface area contributed by atoms with Crippen LogP contribution in [-0.2, 0) is 22.6 Å². The van der Waals surface area contributed by atoms with Crippen LogP contribution in [0.5, 0.6) is 0 Å². The predicted molar refractivity (Wildman–Crippen MR) is 173 cm³/mol. The molecular formula is C28H33BBr5F4N5O. The first-order valence-corrected chi connectivity index (χ1v) is 15.3. The van der Waals surface area contributed by atoms with Crippen LogP contribution >= 0.6 is 47.8 Å². The van der Waals surface area contributed by atoms with Crippen molar-refractivity contribution >= 4 is 78.1 Å². The third-order valence-corrected chi connectivity index (χ3v) is 6.67. The molecule has 0 fully saturated rings. The molecule has 4 rings (SSSR count). The lowest BCUT2D eigenvalue weighted by molar-refractivity contribution is -0.255. The van der Waals surface area contributed by atoms with Crippen LogP contribution in [0.1, 0.15) is 22.3 Å². The summed E-state index contributed by atoms with van der Waals surface area (Å²) < 4.78 is 29.0. The van der Waals surface area contributed by atoms with Crippen molar-refractivity contribution in [2.75, 3.05) is 5.73 Å². The van der Waals surface area contributed by atoms with Gasteiger partial charge in [0.1, 0.15) is 11.4 Å². The number of aliphatic hydroxyl groups excluding tert-OH is 1. The molecule has 0 heterocycles. The molecule has 0 aliphatic carbocycles. The molecule has 0 amide bonds. The first-order valence-electron chi connectivity index (χ1n) is 11.9. The van der Waals surface area contributed by atoms with Crippen molar-refractivity contribution in [3.63, 3.8) is 0 Å². The molecule has 242 valence electrons. The van der Waals surface area contributed by atoms with Gasteiger partial charge >= 0.3 is 13.2 Å². The summed E-state index contributed by atoms with van der Waals surface area (Å²) in [7, 11) is -3.67. The number of alkyl halides is 3. The maximum atomic E-state index is 9.67. The third kappa shape index (κ3) is 26.6. The predicted octanol–water partition coefficient (Wildman–Crippen LogP) is -1.37. The first kappa shape index (κ1) is 49.1. The number of aliphatic hydroxyl groups is 1. The first-order chi connectivity index (χ1) is 19.6. The lowest BCUT2D eigenvalue weighted by atomic mass is 10.2. The number of rotatable bonds is 4. The summed E-state index contributed by atoms with van der Waals surface area (Å²) in [5.41, 5.74) is 21.1. The summed E-state index contributed by atoms with van der Waals surface area (Å²) in [5, 5.41) is 19.6. The Balaban J connectivity index is -0.000000228. The average molecular weight is 942 g/mol. The molecule has 4 aromatic rings. The smallest absolute Gasteiger partial charge is 0.762 e. The maximum absolute atomic E-state index is 9.67. The molecule has 0 unspecified atom stereocenters. The molecule has 0 aliphatic rings. The van der Waals surface area contributed by atoms with Crippen LogP contribution < -0.4 is 55.9 Å². The van der Waals surface area contributed by atoms with Crippen molar-refractivity contribution in [3.05, 3.63) is 124 Å². The minimum absolute atomic E-state index is 0. The summed E-state index contributed by atoms with van der Waals surface area (Å²) in [6.07, 6.45) is 0. The lowest BCUT2D eigenvalue weighted by Gasteiger charge is -1.94. The summed E-state index contributed by atoms with van der Waals surface area (Å²) in [6, 6.07) is 30.8. The van der Waals surface area contributed by atoms with E-state index in [0.717, 1.165) is 38.6 Å². The zero-order valence-electron chi connectivity index (χ0n) is 23.4. The largest absolute Gasteiger partial charge is 1.00 e. The van der Waals surface area contributed by atoms with Crippen LogP contribution in [0.2, 0.25) is 0 Å². The van der Waals surface area contributed by atoms with E-state index >= 15 is 0 Å². The van der Waals surface area contributed by atoms with Crippen LogP contribution in [0.25, 0.3) is 4.98 Å². The normalized spacial score (nSPS) is 8.45. The van der Waals surface area contributed by atoms with E-state index in [0.29, 0.717) is 5.69 Å². The highest BCUT2D eigenvalue weighted by molar-refractivity contribution is 9.09. The Bertz CT molecular complexity index is 1150. The average Bonchev–Trinajstić information content (AvgIpc) is 2.99. The minimum Gasteiger partial charge on any atom is -1.00 e. The molecule has 0 spiro atoms. The van der Waals surface area contributed by atoms with Crippen LogP contribution in [0.3, 0.4) is 0 Å². The van der Waals surface area contributed by atoms with Gasteiger partial charge in [-0.2, -0.15) is 0 Å². The molecule has 44 heavy (non-hydrogen) atoms. The second-order valence-electron chi connectivity index (χ2n) is 7.95. The number of hydrogen-bond donors (Lipinski definition) is 4. The topological polar surface area (TPSA) is 130 Å². The molecular weight excluding hydrogens is 909 g/mol. The van der Waals surface area contributed by atoms with Crippen LogP contribution in [0.4, 0.5) is 35.7 Å². The molecule has 4 aromatic carbocycles. The van der Waals surface area contributed by atoms with Crippen LogP contribution in [0.15, 0.2) is 97.1 Å². The van der Waals surface area contributed by atoms with Gasteiger partial charge < -0.3 is 61.0 Å². The van der Waals surface area contributed by atoms with E-state index in [4.69, 9.17) is 16.2 Å². The zero-order valence-corrected chi connectivity index (χ0v) is 31.3. The van der Waals surface area contributed by atoms with Gasteiger partial charge in [0, 0.05) is 33.8 Å². The van der Waals surface area contributed by atoms with Crippen LogP contribution in [0, 0.1) is 5.39 Å². The van der Waals surface area contributed by atoms with Gasteiger partial charge in [-0.25, -0.2) is 0 Å². The van der Waals surface area contributed by atoms with E-state index < -0.39 is 7.54 Å². The number of anilines is 1. The van der Waals surface area contributed by atoms with Crippen molar-refractivity contribution in [1.29, 1.82) is 5.39 Å². The number of nitrogens with two attached hydrogens (primary N) is 1. The van der Waals surface area contributed by atoms with Crippen molar-refractivity contribution in [1.82, 2.24) is 0 Å². The molecule has 0 bridgehead atoms. The van der Waals surface area contributed by atoms with E-state index in [9.17, 15) is 12.9 Å². The standard InChI is InChI=1S/C7H6BrN2.2C7H8BrN.C7H9NO.BF3.2BrH.FH/c8-5-6-1-3-7(10-9)4-2-6;2*8-5-6-1-3-7(9)4-2-6;8-7-3-1-6(5-9)2-4-7;2-1(3)4;;;/h1-4H,5H2;2*1-4H,5,9H2;1-4,9H,5,8H2;;3*1H/q+1;;;;;;;/p-1. The number of hydrogen-bond acceptors (Lipinski definition) is 3. The van der Waals surface area contributed by atoms with Gasteiger partial charge in [0.05, 0.1) is 6.61 Å². The highest BCUT2D eigenvalue weighted by Gasteiger charge is 2.06. The summed E-state index contributed by atoms with van der Waals surface area (Å²) in [5.74, 6) is 0. The Morgan fingerprint density at radius 1 is 0.636 bits per heavy atom. The van der Waals surface area contributed by atoms with Gasteiger partial charge in [0.25, 0.3) is 0 Å². The number of diazo groups is 1. The summed E-state index contributed by atoms with van der Waals surface area (Å²) in [4.78, 5) is 3.03. The number of nitrogens with zero attached hydrogens (tertiary/aromatic N) is 2. The van der Waals surface area contributed by atoms with Gasteiger partial charge in [-0.1, -0.05) is 96.3 Å². The SMILES string of the molecule is FB(F)F.N#[N+]c1ccc(CBr)cc1.Nc1ccc(CO)cc1.[Br-].[Br-].[F-].[NH3+]c1ccc(CBr)cc1.[NH3+]c1ccc(CBr)cc1. The molecule has 0 radical (unpaired) electrons. The Labute approximate surface area is 302 Å². The molecule has 16 heteroatoms. The number of quaternary nitrogens is 2. The molecule has 9 N–H and O–H groups in total. The molecule has 0 saturated carbocycles. The fourth-order valence-corrected chi connectivity index (χ4v) is 3.65.